The Hall–Kier alpha value is -5.69. The van der Waals surface area contributed by atoms with Crippen LogP contribution < -0.4 is 26.0 Å². The second-order valence-corrected chi connectivity index (χ2v) is 16.5. The minimum Gasteiger partial charge on any atom is -0.497 e. The van der Waals surface area contributed by atoms with Crippen LogP contribution in [-0.2, 0) is 39.9 Å². The van der Waals surface area contributed by atoms with Crippen molar-refractivity contribution >= 4 is 47.5 Å². The zero-order valence-corrected chi connectivity index (χ0v) is 34.5. The summed E-state index contributed by atoms with van der Waals surface area (Å²) in [6.45, 7) is 4.37. The Balaban J connectivity index is 1.36. The van der Waals surface area contributed by atoms with Crippen molar-refractivity contribution in [2.45, 2.75) is 107 Å². The van der Waals surface area contributed by atoms with E-state index in [4.69, 9.17) is 9.47 Å². The SMILES string of the molecule is COc1ccc(NC(=O)N[C@@H](Cc2cc(F)cc(F)c2)C(=O)N[C@@H]2C(=O)N3C[C@H](O)C[C@H]3C(=O)N3CCCC[C@H]3C(=O)N[C@@H](C)C(=O)N3C[C@H](C)CC3(C=O)CO[C@H]2C)cc1. The molecule has 4 aliphatic rings. The normalized spacial score (nSPS) is 29.2. The van der Waals surface area contributed by atoms with Crippen molar-refractivity contribution in [3.63, 3.8) is 0 Å². The average molecular weight is 854 g/mol. The first kappa shape index (κ1) is 44.9. The van der Waals surface area contributed by atoms with E-state index in [1.807, 2.05) is 6.92 Å². The Bertz CT molecular complexity index is 1990. The number of methoxy groups -OCH3 is 1. The Kier molecular flexibility index (Phi) is 13.9. The third kappa shape index (κ3) is 10.1. The molecule has 0 spiro atoms. The number of carbonyl (C=O) groups is 7. The van der Waals surface area contributed by atoms with Crippen molar-refractivity contribution < 1.29 is 56.9 Å². The molecule has 7 amide bonds. The van der Waals surface area contributed by atoms with Gasteiger partial charge < -0.3 is 55.3 Å². The monoisotopic (exact) mass is 853 g/mol. The van der Waals surface area contributed by atoms with Gasteiger partial charge in [-0.25, -0.2) is 13.6 Å². The molecule has 2 aromatic carbocycles. The predicted molar refractivity (Wildman–Crippen MR) is 214 cm³/mol. The lowest BCUT2D eigenvalue weighted by molar-refractivity contribution is -0.155. The third-order valence-corrected chi connectivity index (χ3v) is 11.8. The van der Waals surface area contributed by atoms with Crippen LogP contribution in [0.5, 0.6) is 5.75 Å². The molecule has 17 nitrogen and oxygen atoms in total. The van der Waals surface area contributed by atoms with Gasteiger partial charge >= 0.3 is 6.03 Å². The number of hydrogen-bond donors (Lipinski definition) is 5. The number of benzene rings is 2. The first-order valence-corrected chi connectivity index (χ1v) is 20.5. The highest BCUT2D eigenvalue weighted by atomic mass is 19.1. The standard InChI is InChI=1S/C42H53F2N7O10/c1-23-18-42(21-52)22-61-25(3)35(48-36(54)32(15-26-13-27(43)16-28(44)14-26)47-41(59)46-29-8-10-31(60-4)11-9-29)40(58)50-20-30(53)17-34(50)39(57)49-12-6-5-7-33(49)37(55)45-24(2)38(56)51(42)19-23/h8-11,13-14,16,21,23-25,30,32-35,53H,5-7,12,15,17-20,22H2,1-4H3,(H,45,55)(H,48,54)(H2,46,47,59)/t23-,24+,25+,30-,32+,33+,34+,35+,42?/m1/s1. The van der Waals surface area contributed by atoms with E-state index in [1.165, 1.54) is 30.8 Å². The lowest BCUT2D eigenvalue weighted by atomic mass is 9.94. The van der Waals surface area contributed by atoms with Gasteiger partial charge in [0, 0.05) is 44.2 Å². The number of fused-ring (bicyclic) bond motifs is 3. The summed E-state index contributed by atoms with van der Waals surface area (Å²) in [5.74, 6) is -5.11. The molecule has 4 aliphatic heterocycles. The number of anilines is 1. The molecule has 5 N–H and O–H groups in total. The molecule has 0 aromatic heterocycles. The smallest absolute Gasteiger partial charge is 0.319 e. The van der Waals surface area contributed by atoms with Crippen molar-refractivity contribution in [1.82, 2.24) is 30.7 Å². The van der Waals surface area contributed by atoms with Gasteiger partial charge in [-0.1, -0.05) is 6.92 Å². The molecule has 9 atom stereocenters. The molecule has 0 radical (unpaired) electrons. The van der Waals surface area contributed by atoms with Gasteiger partial charge in [0.2, 0.25) is 29.5 Å². The van der Waals surface area contributed by atoms with Gasteiger partial charge in [-0.2, -0.15) is 0 Å². The molecule has 1 unspecified atom stereocenters. The number of rotatable bonds is 8. The summed E-state index contributed by atoms with van der Waals surface area (Å²) >= 11 is 0. The Morgan fingerprint density at radius 2 is 1.69 bits per heavy atom. The summed E-state index contributed by atoms with van der Waals surface area (Å²) in [6, 6.07) is 1.43. The molecule has 0 bridgehead atoms. The fraction of sp³-hybridized carbons (Fsp3) is 0.548. The van der Waals surface area contributed by atoms with Crippen LogP contribution in [0.2, 0.25) is 0 Å². The number of halogens is 2. The summed E-state index contributed by atoms with van der Waals surface area (Å²) in [4.78, 5) is 102. The number of nitrogens with zero attached hydrogens (tertiary/aromatic N) is 3. The van der Waals surface area contributed by atoms with Gasteiger partial charge in [-0.3, -0.25) is 24.0 Å². The van der Waals surface area contributed by atoms with Gasteiger partial charge in [0.1, 0.15) is 59.4 Å². The van der Waals surface area contributed by atoms with E-state index in [0.717, 1.165) is 17.0 Å². The number of nitrogens with one attached hydrogen (secondary N) is 4. The maximum absolute atomic E-state index is 14.8. The molecule has 330 valence electrons. The van der Waals surface area contributed by atoms with Crippen molar-refractivity contribution in [3.05, 3.63) is 59.7 Å². The highest BCUT2D eigenvalue weighted by molar-refractivity contribution is 5.98. The van der Waals surface area contributed by atoms with Crippen molar-refractivity contribution in [3.8, 4) is 5.75 Å². The van der Waals surface area contributed by atoms with E-state index < -0.39 is 108 Å². The molecule has 61 heavy (non-hydrogen) atoms. The van der Waals surface area contributed by atoms with E-state index in [2.05, 4.69) is 21.3 Å². The van der Waals surface area contributed by atoms with E-state index in [0.29, 0.717) is 36.6 Å². The van der Waals surface area contributed by atoms with Crippen LogP contribution in [0.4, 0.5) is 19.3 Å². The zero-order chi connectivity index (χ0) is 44.2. The fourth-order valence-corrected chi connectivity index (χ4v) is 8.78. The number of ether oxygens (including phenoxy) is 2. The molecule has 6 rings (SSSR count). The summed E-state index contributed by atoms with van der Waals surface area (Å²) in [7, 11) is 1.47. The second kappa shape index (κ2) is 18.9. The van der Waals surface area contributed by atoms with Gasteiger partial charge in [-0.15, -0.1) is 0 Å². The minimum atomic E-state index is -1.65. The summed E-state index contributed by atoms with van der Waals surface area (Å²) in [6.07, 6.45) is -0.835. The summed E-state index contributed by atoms with van der Waals surface area (Å²) < 4.78 is 40.2. The molecular weight excluding hydrogens is 800 g/mol. The quantitative estimate of drug-likeness (QED) is 0.240. The van der Waals surface area contributed by atoms with Crippen LogP contribution in [-0.4, -0.2) is 143 Å². The van der Waals surface area contributed by atoms with E-state index >= 15 is 0 Å². The Morgan fingerprint density at radius 3 is 2.36 bits per heavy atom. The number of hydrogen-bond acceptors (Lipinski definition) is 10. The highest BCUT2D eigenvalue weighted by Gasteiger charge is 2.51. The number of carbonyl (C=O) groups excluding carboxylic acids is 7. The van der Waals surface area contributed by atoms with Gasteiger partial charge in [0.25, 0.3) is 0 Å². The van der Waals surface area contributed by atoms with Gasteiger partial charge in [0.15, 0.2) is 0 Å². The third-order valence-electron chi connectivity index (χ3n) is 11.8. The lowest BCUT2D eigenvalue weighted by Gasteiger charge is -2.41. The maximum atomic E-state index is 14.8. The van der Waals surface area contributed by atoms with Crippen LogP contribution in [0.1, 0.15) is 58.4 Å². The summed E-state index contributed by atoms with van der Waals surface area (Å²) in [5, 5.41) is 21.4. The molecule has 4 heterocycles. The van der Waals surface area contributed by atoms with Gasteiger partial charge in [0.05, 0.1) is 25.9 Å². The molecule has 4 fully saturated rings. The number of aliphatic hydroxyl groups is 1. The Labute approximate surface area is 351 Å². The van der Waals surface area contributed by atoms with Crippen LogP contribution in [0.15, 0.2) is 42.5 Å². The Morgan fingerprint density at radius 1 is 0.984 bits per heavy atom. The van der Waals surface area contributed by atoms with Crippen LogP contribution in [0.3, 0.4) is 0 Å². The number of aldehydes is 1. The number of amides is 7. The molecular formula is C42H53F2N7O10. The van der Waals surface area contributed by atoms with Crippen molar-refractivity contribution in [1.29, 1.82) is 0 Å². The average Bonchev–Trinajstić information content (AvgIpc) is 3.79. The second-order valence-electron chi connectivity index (χ2n) is 16.5. The first-order chi connectivity index (χ1) is 29.0. The van der Waals surface area contributed by atoms with Crippen molar-refractivity contribution in [2.24, 2.45) is 5.92 Å². The fourth-order valence-electron chi connectivity index (χ4n) is 8.78. The topological polar surface area (TPSA) is 216 Å². The molecule has 4 saturated heterocycles. The largest absolute Gasteiger partial charge is 0.497 e. The zero-order valence-electron chi connectivity index (χ0n) is 34.5. The molecule has 0 aliphatic carbocycles. The van der Waals surface area contributed by atoms with Crippen LogP contribution in [0.25, 0.3) is 0 Å². The van der Waals surface area contributed by atoms with E-state index in [9.17, 15) is 47.4 Å². The van der Waals surface area contributed by atoms with Crippen LogP contribution in [0, 0.1) is 17.6 Å². The number of urea groups is 1. The number of aliphatic hydroxyl groups excluding tert-OH is 1. The molecule has 0 saturated carbocycles. The van der Waals surface area contributed by atoms with E-state index in [1.54, 1.807) is 24.3 Å². The van der Waals surface area contributed by atoms with E-state index in [-0.39, 0.29) is 50.4 Å². The minimum absolute atomic E-state index is 0.00766. The predicted octanol–water partition coefficient (Wildman–Crippen LogP) is 1.26. The summed E-state index contributed by atoms with van der Waals surface area (Å²) in [5.41, 5.74) is -1.22. The molecule has 19 heteroatoms. The maximum Gasteiger partial charge on any atom is 0.319 e. The molecule has 2 aromatic rings. The lowest BCUT2D eigenvalue weighted by Crippen LogP contribution is -2.64. The van der Waals surface area contributed by atoms with Gasteiger partial charge in [-0.05, 0) is 87.4 Å². The van der Waals surface area contributed by atoms with Crippen LogP contribution >= 0.6 is 0 Å². The number of piperidine rings is 1. The first-order valence-electron chi connectivity index (χ1n) is 20.5. The highest BCUT2D eigenvalue weighted by Crippen LogP contribution is 2.34. The van der Waals surface area contributed by atoms with Crippen molar-refractivity contribution in [2.75, 3.05) is 38.7 Å².